The molecule has 1 N–H and O–H groups in total. The minimum atomic E-state index is -0.406. The lowest BCUT2D eigenvalue weighted by Crippen LogP contribution is -2.35. The molecule has 0 bridgehead atoms. The molecule has 0 aromatic carbocycles. The minimum absolute atomic E-state index is 0.406. The standard InChI is InChI=1S/C11H20O2S/c1-9-11(12,6-8-14-9)5-4-10-3-2-7-13-10/h9-10,12H,2-8H2,1H3. The molecule has 2 nitrogen and oxygen atoms in total. The lowest BCUT2D eigenvalue weighted by molar-refractivity contribution is 0.0150. The molecule has 82 valence electrons. The second-order valence-corrected chi connectivity index (χ2v) is 5.99. The number of aliphatic hydroxyl groups is 1. The van der Waals surface area contributed by atoms with Gasteiger partial charge in [0.1, 0.15) is 0 Å². The van der Waals surface area contributed by atoms with Gasteiger partial charge in [-0.05, 0) is 37.9 Å². The summed E-state index contributed by atoms with van der Waals surface area (Å²) in [5.41, 5.74) is -0.406. The third-order valence-electron chi connectivity index (χ3n) is 3.58. The van der Waals surface area contributed by atoms with Crippen LogP contribution in [0.3, 0.4) is 0 Å². The monoisotopic (exact) mass is 216 g/mol. The van der Waals surface area contributed by atoms with Crippen LogP contribution < -0.4 is 0 Å². The van der Waals surface area contributed by atoms with E-state index in [4.69, 9.17) is 4.74 Å². The summed E-state index contributed by atoms with van der Waals surface area (Å²) >= 11 is 1.90. The Hall–Kier alpha value is 0.270. The van der Waals surface area contributed by atoms with Gasteiger partial charge in [-0.2, -0.15) is 11.8 Å². The molecule has 2 aliphatic rings. The maximum Gasteiger partial charge on any atom is 0.0771 e. The van der Waals surface area contributed by atoms with Crippen molar-refractivity contribution in [3.8, 4) is 0 Å². The number of thioether (sulfide) groups is 1. The van der Waals surface area contributed by atoms with E-state index in [1.165, 1.54) is 12.8 Å². The van der Waals surface area contributed by atoms with Crippen molar-refractivity contribution in [1.29, 1.82) is 0 Å². The highest BCUT2D eigenvalue weighted by atomic mass is 32.2. The van der Waals surface area contributed by atoms with Crippen molar-refractivity contribution >= 4 is 11.8 Å². The topological polar surface area (TPSA) is 29.5 Å². The smallest absolute Gasteiger partial charge is 0.0771 e. The molecule has 0 radical (unpaired) electrons. The SMILES string of the molecule is CC1SCCC1(O)CCC1CCCO1. The van der Waals surface area contributed by atoms with Crippen LogP contribution in [0.4, 0.5) is 0 Å². The molecule has 2 aliphatic heterocycles. The second kappa shape index (κ2) is 4.42. The summed E-state index contributed by atoms with van der Waals surface area (Å²) in [6, 6.07) is 0. The zero-order chi connectivity index (χ0) is 10.0. The Morgan fingerprint density at radius 1 is 1.57 bits per heavy atom. The van der Waals surface area contributed by atoms with E-state index in [-0.39, 0.29) is 0 Å². The van der Waals surface area contributed by atoms with Gasteiger partial charge in [-0.3, -0.25) is 0 Å². The molecular weight excluding hydrogens is 196 g/mol. The van der Waals surface area contributed by atoms with Crippen LogP contribution in [-0.4, -0.2) is 34.4 Å². The summed E-state index contributed by atoms with van der Waals surface area (Å²) in [4.78, 5) is 0. The van der Waals surface area contributed by atoms with Gasteiger partial charge in [-0.1, -0.05) is 6.92 Å². The fourth-order valence-corrected chi connectivity index (χ4v) is 3.75. The summed E-state index contributed by atoms with van der Waals surface area (Å²) in [6.45, 7) is 3.07. The van der Waals surface area contributed by atoms with Crippen LogP contribution in [0.5, 0.6) is 0 Å². The molecule has 0 amide bonds. The highest BCUT2D eigenvalue weighted by molar-refractivity contribution is 8.00. The maximum absolute atomic E-state index is 10.3. The maximum atomic E-state index is 10.3. The van der Waals surface area contributed by atoms with E-state index in [0.717, 1.165) is 31.6 Å². The normalized spacial score (nSPS) is 43.3. The van der Waals surface area contributed by atoms with Gasteiger partial charge in [0.05, 0.1) is 11.7 Å². The van der Waals surface area contributed by atoms with Gasteiger partial charge < -0.3 is 9.84 Å². The minimum Gasteiger partial charge on any atom is -0.389 e. The predicted molar refractivity (Wildman–Crippen MR) is 59.7 cm³/mol. The fraction of sp³-hybridized carbons (Fsp3) is 1.00. The molecular formula is C11H20O2S. The molecule has 2 fully saturated rings. The van der Waals surface area contributed by atoms with Crippen molar-refractivity contribution in [2.75, 3.05) is 12.4 Å². The summed E-state index contributed by atoms with van der Waals surface area (Å²) in [5.74, 6) is 1.11. The van der Waals surface area contributed by atoms with Crippen LogP contribution in [0.15, 0.2) is 0 Å². The zero-order valence-electron chi connectivity index (χ0n) is 8.87. The Balaban J connectivity index is 1.78. The van der Waals surface area contributed by atoms with Gasteiger partial charge in [-0.15, -0.1) is 0 Å². The molecule has 3 atom stereocenters. The average Bonchev–Trinajstić information content (AvgIpc) is 2.75. The van der Waals surface area contributed by atoms with Crippen molar-refractivity contribution in [3.05, 3.63) is 0 Å². The zero-order valence-corrected chi connectivity index (χ0v) is 9.68. The first-order valence-corrected chi connectivity index (χ1v) is 6.71. The highest BCUT2D eigenvalue weighted by Gasteiger charge is 2.39. The fourth-order valence-electron chi connectivity index (χ4n) is 2.38. The number of hydrogen-bond donors (Lipinski definition) is 1. The van der Waals surface area contributed by atoms with Crippen LogP contribution >= 0.6 is 11.8 Å². The van der Waals surface area contributed by atoms with Gasteiger partial charge in [0.25, 0.3) is 0 Å². The van der Waals surface area contributed by atoms with E-state index in [1.807, 2.05) is 11.8 Å². The molecule has 0 aromatic rings. The summed E-state index contributed by atoms with van der Waals surface area (Å²) in [5, 5.41) is 10.8. The lowest BCUT2D eigenvalue weighted by atomic mass is 9.90. The van der Waals surface area contributed by atoms with Crippen LogP contribution in [0.1, 0.15) is 39.0 Å². The Morgan fingerprint density at radius 3 is 3.00 bits per heavy atom. The lowest BCUT2D eigenvalue weighted by Gasteiger charge is -2.27. The van der Waals surface area contributed by atoms with Gasteiger partial charge >= 0.3 is 0 Å². The first-order valence-electron chi connectivity index (χ1n) is 5.66. The molecule has 14 heavy (non-hydrogen) atoms. The first-order chi connectivity index (χ1) is 6.71. The van der Waals surface area contributed by atoms with Gasteiger partial charge in [0.15, 0.2) is 0 Å². The Bertz CT molecular complexity index is 192. The first kappa shape index (κ1) is 10.8. The molecule has 0 spiro atoms. The molecule has 2 heterocycles. The molecule has 0 aromatic heterocycles. The van der Waals surface area contributed by atoms with E-state index >= 15 is 0 Å². The van der Waals surface area contributed by atoms with Crippen molar-refractivity contribution in [2.45, 2.75) is 56.0 Å². The van der Waals surface area contributed by atoms with Crippen molar-refractivity contribution in [2.24, 2.45) is 0 Å². The summed E-state index contributed by atoms with van der Waals surface area (Å²) in [7, 11) is 0. The quantitative estimate of drug-likeness (QED) is 0.784. The third-order valence-corrected chi connectivity index (χ3v) is 4.96. The average molecular weight is 216 g/mol. The predicted octanol–water partition coefficient (Wildman–Crippen LogP) is 2.20. The van der Waals surface area contributed by atoms with E-state index in [0.29, 0.717) is 11.4 Å². The third kappa shape index (κ3) is 2.26. The van der Waals surface area contributed by atoms with Crippen LogP contribution in [-0.2, 0) is 4.74 Å². The highest BCUT2D eigenvalue weighted by Crippen LogP contribution is 2.39. The van der Waals surface area contributed by atoms with Crippen LogP contribution in [0.25, 0.3) is 0 Å². The van der Waals surface area contributed by atoms with Crippen LogP contribution in [0, 0.1) is 0 Å². The number of ether oxygens (including phenoxy) is 1. The molecule has 0 aliphatic carbocycles. The summed E-state index contributed by atoms with van der Waals surface area (Å²) in [6.07, 6.45) is 5.75. The Kier molecular flexibility index (Phi) is 3.40. The molecule has 3 unspecified atom stereocenters. The molecule has 2 rings (SSSR count). The van der Waals surface area contributed by atoms with E-state index < -0.39 is 5.60 Å². The molecule has 3 heteroatoms. The van der Waals surface area contributed by atoms with E-state index in [2.05, 4.69) is 6.92 Å². The largest absolute Gasteiger partial charge is 0.389 e. The number of hydrogen-bond acceptors (Lipinski definition) is 3. The summed E-state index contributed by atoms with van der Waals surface area (Å²) < 4.78 is 5.58. The van der Waals surface area contributed by atoms with Crippen molar-refractivity contribution in [1.82, 2.24) is 0 Å². The van der Waals surface area contributed by atoms with Crippen molar-refractivity contribution in [3.63, 3.8) is 0 Å². The van der Waals surface area contributed by atoms with E-state index in [9.17, 15) is 5.11 Å². The molecule has 0 saturated carbocycles. The number of rotatable bonds is 3. The van der Waals surface area contributed by atoms with Gasteiger partial charge in [0, 0.05) is 11.9 Å². The van der Waals surface area contributed by atoms with Crippen molar-refractivity contribution < 1.29 is 9.84 Å². The van der Waals surface area contributed by atoms with Gasteiger partial charge in [0.2, 0.25) is 0 Å². The van der Waals surface area contributed by atoms with Crippen LogP contribution in [0.2, 0.25) is 0 Å². The second-order valence-electron chi connectivity index (χ2n) is 4.54. The van der Waals surface area contributed by atoms with E-state index in [1.54, 1.807) is 0 Å². The molecule has 2 saturated heterocycles. The van der Waals surface area contributed by atoms with Gasteiger partial charge in [-0.25, -0.2) is 0 Å². The Labute approximate surface area is 90.4 Å². The Morgan fingerprint density at radius 2 is 2.43 bits per heavy atom.